The number of fused-ring (bicyclic) bond motifs is 1. The minimum absolute atomic E-state index is 0.101. The third-order valence-electron chi connectivity index (χ3n) is 4.98. The summed E-state index contributed by atoms with van der Waals surface area (Å²) >= 11 is 1.16. The number of esters is 1. The largest absolute Gasteiger partial charge is 0.451 e. The van der Waals surface area contributed by atoms with Crippen molar-refractivity contribution in [1.29, 1.82) is 0 Å². The predicted octanol–water partition coefficient (Wildman–Crippen LogP) is 4.13. The first-order valence-corrected chi connectivity index (χ1v) is 10.0. The fourth-order valence-corrected chi connectivity index (χ4v) is 4.76. The molecule has 1 fully saturated rings. The molecular formula is C20H24FNO4S. The number of amides is 1. The van der Waals surface area contributed by atoms with Gasteiger partial charge in [0.1, 0.15) is 10.7 Å². The molecule has 0 saturated carbocycles. The molecule has 1 amide bonds. The second kappa shape index (κ2) is 8.80. The summed E-state index contributed by atoms with van der Waals surface area (Å²) in [6, 6.07) is 4.93. The molecule has 5 nitrogen and oxygen atoms in total. The maximum atomic E-state index is 14.2. The fourth-order valence-electron chi connectivity index (χ4n) is 3.64. The summed E-state index contributed by atoms with van der Waals surface area (Å²) in [6.45, 7) is 2.57. The number of benzene rings is 1. The van der Waals surface area contributed by atoms with Gasteiger partial charge in [-0.05, 0) is 37.8 Å². The van der Waals surface area contributed by atoms with E-state index in [4.69, 9.17) is 9.47 Å². The first-order valence-electron chi connectivity index (χ1n) is 9.22. The van der Waals surface area contributed by atoms with Crippen molar-refractivity contribution in [2.24, 2.45) is 0 Å². The van der Waals surface area contributed by atoms with Crippen LogP contribution in [-0.4, -0.2) is 43.1 Å². The maximum absolute atomic E-state index is 14.2. The molecule has 1 aromatic heterocycles. The van der Waals surface area contributed by atoms with Crippen molar-refractivity contribution in [3.05, 3.63) is 34.5 Å². The molecule has 0 spiro atoms. The number of hydrogen-bond donors (Lipinski definition) is 0. The van der Waals surface area contributed by atoms with Gasteiger partial charge in [0.25, 0.3) is 5.91 Å². The Kier molecular flexibility index (Phi) is 6.44. The smallest absolute Gasteiger partial charge is 0.349 e. The van der Waals surface area contributed by atoms with Crippen LogP contribution in [0.15, 0.2) is 18.2 Å². The van der Waals surface area contributed by atoms with Crippen LogP contribution in [0.4, 0.5) is 4.39 Å². The van der Waals surface area contributed by atoms with Crippen molar-refractivity contribution in [3.8, 4) is 0 Å². The van der Waals surface area contributed by atoms with Crippen LogP contribution in [0.5, 0.6) is 0 Å². The Hall–Kier alpha value is -1.99. The summed E-state index contributed by atoms with van der Waals surface area (Å²) in [5, 5.41) is 0.379. The Bertz CT molecular complexity index is 835. The van der Waals surface area contributed by atoms with Gasteiger partial charge in [0.15, 0.2) is 6.61 Å². The molecule has 1 aliphatic heterocycles. The first-order chi connectivity index (χ1) is 13.1. The third-order valence-corrected chi connectivity index (χ3v) is 6.16. The Balaban J connectivity index is 1.75. The molecule has 7 heteroatoms. The van der Waals surface area contributed by atoms with Crippen molar-refractivity contribution >= 4 is 33.3 Å². The third kappa shape index (κ3) is 4.14. The maximum Gasteiger partial charge on any atom is 0.349 e. The van der Waals surface area contributed by atoms with Crippen LogP contribution in [-0.2, 0) is 20.9 Å². The Morgan fingerprint density at radius 2 is 2.15 bits per heavy atom. The summed E-state index contributed by atoms with van der Waals surface area (Å²) in [7, 11) is 1.49. The van der Waals surface area contributed by atoms with Crippen LogP contribution >= 0.6 is 11.3 Å². The minimum atomic E-state index is -0.610. The molecule has 1 saturated heterocycles. The number of carbonyl (C=O) groups is 2. The van der Waals surface area contributed by atoms with Crippen molar-refractivity contribution < 1.29 is 23.5 Å². The lowest BCUT2D eigenvalue weighted by molar-refractivity contribution is -0.138. The number of carbonyl (C=O) groups excluding carboxylic acids is 2. The Labute approximate surface area is 162 Å². The molecule has 1 aromatic carbocycles. The van der Waals surface area contributed by atoms with Gasteiger partial charge in [0, 0.05) is 35.3 Å². The van der Waals surface area contributed by atoms with Crippen LogP contribution in [0.25, 0.3) is 10.1 Å². The molecule has 3 rings (SSSR count). The van der Waals surface area contributed by atoms with Crippen molar-refractivity contribution in [3.63, 3.8) is 0 Å². The number of hydrogen-bond acceptors (Lipinski definition) is 5. The molecule has 0 bridgehead atoms. The normalized spacial score (nSPS) is 17.3. The van der Waals surface area contributed by atoms with Gasteiger partial charge in [-0.25, -0.2) is 9.18 Å². The molecule has 2 heterocycles. The highest BCUT2D eigenvalue weighted by molar-refractivity contribution is 7.21. The Morgan fingerprint density at radius 3 is 2.89 bits per heavy atom. The highest BCUT2D eigenvalue weighted by atomic mass is 32.1. The molecule has 0 N–H and O–H groups in total. The number of nitrogens with zero attached hydrogens (tertiary/aromatic N) is 1. The lowest BCUT2D eigenvalue weighted by atomic mass is 10.00. The highest BCUT2D eigenvalue weighted by Gasteiger charge is 2.27. The first kappa shape index (κ1) is 19.8. The summed E-state index contributed by atoms with van der Waals surface area (Å²) in [4.78, 5) is 27.2. The van der Waals surface area contributed by atoms with Crippen LogP contribution in [0, 0.1) is 5.82 Å². The number of halogens is 1. The highest BCUT2D eigenvalue weighted by Crippen LogP contribution is 2.34. The van der Waals surface area contributed by atoms with Crippen LogP contribution < -0.4 is 0 Å². The van der Waals surface area contributed by atoms with Crippen molar-refractivity contribution in [2.45, 2.75) is 45.3 Å². The van der Waals surface area contributed by atoms with E-state index in [0.717, 1.165) is 37.0 Å². The standard InChI is InChI=1S/C20H24FNO4S/c1-3-13-7-4-5-10-22(13)17(23)12-26-20(24)19-14(11-25-2)18-15(21)8-6-9-16(18)27-19/h6,8-9,13H,3-5,7,10-12H2,1-2H3. The van der Waals surface area contributed by atoms with Gasteiger partial charge in [0.05, 0.1) is 6.61 Å². The van der Waals surface area contributed by atoms with E-state index >= 15 is 0 Å². The second-order valence-corrected chi connectivity index (χ2v) is 7.73. The molecule has 27 heavy (non-hydrogen) atoms. The van der Waals surface area contributed by atoms with Gasteiger partial charge in [-0.2, -0.15) is 0 Å². The number of piperidine rings is 1. The van der Waals surface area contributed by atoms with Gasteiger partial charge >= 0.3 is 5.97 Å². The molecule has 0 radical (unpaired) electrons. The summed E-state index contributed by atoms with van der Waals surface area (Å²) in [5.74, 6) is -1.18. The topological polar surface area (TPSA) is 55.8 Å². The molecule has 1 aliphatic rings. The molecule has 1 unspecified atom stereocenters. The van der Waals surface area contributed by atoms with Gasteiger partial charge < -0.3 is 14.4 Å². The quantitative estimate of drug-likeness (QED) is 0.693. The fraction of sp³-hybridized carbons (Fsp3) is 0.500. The number of likely N-dealkylation sites (tertiary alicyclic amines) is 1. The molecule has 2 aromatic rings. The van der Waals surface area contributed by atoms with E-state index in [1.54, 1.807) is 12.1 Å². The van der Waals surface area contributed by atoms with Crippen LogP contribution in [0.2, 0.25) is 0 Å². The molecular weight excluding hydrogens is 369 g/mol. The van der Waals surface area contributed by atoms with Gasteiger partial charge in [-0.1, -0.05) is 13.0 Å². The van der Waals surface area contributed by atoms with Crippen molar-refractivity contribution in [2.75, 3.05) is 20.3 Å². The second-order valence-electron chi connectivity index (χ2n) is 6.68. The zero-order valence-corrected chi connectivity index (χ0v) is 16.4. The van der Waals surface area contributed by atoms with Crippen LogP contribution in [0.3, 0.4) is 0 Å². The lowest BCUT2D eigenvalue weighted by Crippen LogP contribution is -2.45. The monoisotopic (exact) mass is 393 g/mol. The summed E-state index contributed by atoms with van der Waals surface area (Å²) in [6.07, 6.45) is 3.98. The zero-order chi connectivity index (χ0) is 19.4. The predicted molar refractivity (Wildman–Crippen MR) is 102 cm³/mol. The van der Waals surface area contributed by atoms with E-state index in [1.807, 2.05) is 4.90 Å². The van der Waals surface area contributed by atoms with E-state index in [0.29, 0.717) is 22.2 Å². The number of thiophene rings is 1. The SMILES string of the molecule is CCC1CCCCN1C(=O)COC(=O)c1sc2cccc(F)c2c1COC. The van der Waals surface area contributed by atoms with E-state index in [1.165, 1.54) is 13.2 Å². The van der Waals surface area contributed by atoms with Gasteiger partial charge in [0.2, 0.25) is 0 Å². The van der Waals surface area contributed by atoms with Crippen molar-refractivity contribution in [1.82, 2.24) is 4.90 Å². The number of rotatable bonds is 6. The molecule has 0 aliphatic carbocycles. The van der Waals surface area contributed by atoms with E-state index < -0.39 is 11.8 Å². The van der Waals surface area contributed by atoms with E-state index in [2.05, 4.69) is 6.92 Å². The Morgan fingerprint density at radius 1 is 1.33 bits per heavy atom. The zero-order valence-electron chi connectivity index (χ0n) is 15.6. The average Bonchev–Trinajstić information content (AvgIpc) is 3.06. The molecule has 1 atom stereocenters. The minimum Gasteiger partial charge on any atom is -0.451 e. The van der Waals surface area contributed by atoms with Gasteiger partial charge in [-0.3, -0.25) is 4.79 Å². The average molecular weight is 393 g/mol. The van der Waals surface area contributed by atoms with Crippen LogP contribution in [0.1, 0.15) is 47.8 Å². The van der Waals surface area contributed by atoms with E-state index in [9.17, 15) is 14.0 Å². The van der Waals surface area contributed by atoms with Gasteiger partial charge in [-0.15, -0.1) is 11.3 Å². The lowest BCUT2D eigenvalue weighted by Gasteiger charge is -2.35. The summed E-state index contributed by atoms with van der Waals surface area (Å²) < 4.78 is 25.3. The summed E-state index contributed by atoms with van der Waals surface area (Å²) in [5.41, 5.74) is 0.470. The number of ether oxygens (including phenoxy) is 2. The molecule has 146 valence electrons. The van der Waals surface area contributed by atoms with E-state index in [-0.39, 0.29) is 30.0 Å². The number of methoxy groups -OCH3 is 1.